The Labute approximate surface area is 156 Å². The van der Waals surface area contributed by atoms with Crippen LogP contribution < -0.4 is 4.72 Å². The van der Waals surface area contributed by atoms with Gasteiger partial charge in [-0.2, -0.15) is 0 Å². The number of nitrogens with zero attached hydrogens (tertiary/aromatic N) is 1. The molecule has 3 heterocycles. The topological polar surface area (TPSA) is 95.1 Å². The molecule has 0 atom stereocenters. The Bertz CT molecular complexity index is 1060. The summed E-state index contributed by atoms with van der Waals surface area (Å²) in [7, 11) is -3.68. The lowest BCUT2D eigenvalue weighted by Crippen LogP contribution is -2.45. The lowest BCUT2D eigenvalue weighted by molar-refractivity contribution is 0.208. The minimum Gasteiger partial charge on any atom is -0.394 e. The minimum atomic E-state index is -3.68. The summed E-state index contributed by atoms with van der Waals surface area (Å²) in [6.45, 7) is 3.01. The molecule has 0 saturated heterocycles. The van der Waals surface area contributed by atoms with Crippen LogP contribution in [0.4, 0.5) is 0 Å². The third-order valence-corrected chi connectivity index (χ3v) is 7.80. The van der Waals surface area contributed by atoms with Gasteiger partial charge < -0.3 is 10.1 Å². The molecule has 6 nitrogen and oxygen atoms in total. The second-order valence-electron chi connectivity index (χ2n) is 7.39. The van der Waals surface area contributed by atoms with Crippen LogP contribution in [-0.4, -0.2) is 35.6 Å². The molecule has 0 aliphatic heterocycles. The SMILES string of the molecule is CC(C)(CO)NS(=O)(=O)c1ccc(-c2ccnc3[nH]c(C4CC4)cc23)s1. The highest BCUT2D eigenvalue weighted by atomic mass is 32.2. The van der Waals surface area contributed by atoms with Crippen molar-refractivity contribution >= 4 is 32.4 Å². The highest BCUT2D eigenvalue weighted by Gasteiger charge is 2.28. The van der Waals surface area contributed by atoms with Crippen molar-refractivity contribution in [2.24, 2.45) is 0 Å². The zero-order valence-electron chi connectivity index (χ0n) is 14.6. The first-order valence-corrected chi connectivity index (χ1v) is 10.8. The Hall–Kier alpha value is -1.74. The Morgan fingerprint density at radius 1 is 1.35 bits per heavy atom. The van der Waals surface area contributed by atoms with Crippen molar-refractivity contribution in [2.75, 3.05) is 6.61 Å². The van der Waals surface area contributed by atoms with E-state index in [-0.39, 0.29) is 10.8 Å². The number of H-pyrrole nitrogens is 1. The first-order valence-electron chi connectivity index (χ1n) is 8.52. The van der Waals surface area contributed by atoms with Crippen molar-refractivity contribution in [1.29, 1.82) is 0 Å². The molecule has 4 rings (SSSR count). The number of fused-ring (bicyclic) bond motifs is 1. The van der Waals surface area contributed by atoms with E-state index in [0.29, 0.717) is 5.92 Å². The van der Waals surface area contributed by atoms with E-state index in [1.807, 2.05) is 12.1 Å². The molecule has 3 aromatic heterocycles. The number of hydrogen-bond acceptors (Lipinski definition) is 5. The predicted octanol–water partition coefficient (Wildman–Crippen LogP) is 3.22. The molecule has 1 saturated carbocycles. The van der Waals surface area contributed by atoms with Crippen molar-refractivity contribution < 1.29 is 13.5 Å². The molecule has 0 aromatic carbocycles. The van der Waals surface area contributed by atoms with Crippen LogP contribution in [0.2, 0.25) is 0 Å². The number of aromatic amines is 1. The maximum atomic E-state index is 12.6. The summed E-state index contributed by atoms with van der Waals surface area (Å²) >= 11 is 1.22. The van der Waals surface area contributed by atoms with E-state index in [2.05, 4.69) is 20.8 Å². The van der Waals surface area contributed by atoms with Gasteiger partial charge in [-0.25, -0.2) is 18.1 Å². The zero-order valence-corrected chi connectivity index (χ0v) is 16.2. The van der Waals surface area contributed by atoms with Crippen LogP contribution in [0.25, 0.3) is 21.5 Å². The Kier molecular flexibility index (Phi) is 4.18. The minimum absolute atomic E-state index is 0.233. The zero-order chi connectivity index (χ0) is 18.5. The molecule has 8 heteroatoms. The van der Waals surface area contributed by atoms with Gasteiger partial charge in [0.25, 0.3) is 10.0 Å². The smallest absolute Gasteiger partial charge is 0.250 e. The molecule has 0 bridgehead atoms. The second kappa shape index (κ2) is 6.16. The van der Waals surface area contributed by atoms with E-state index in [1.165, 1.54) is 29.9 Å². The fourth-order valence-corrected chi connectivity index (χ4v) is 5.68. The summed E-state index contributed by atoms with van der Waals surface area (Å²) in [5, 5.41) is 10.3. The van der Waals surface area contributed by atoms with Crippen molar-refractivity contribution in [2.45, 2.75) is 42.4 Å². The third kappa shape index (κ3) is 3.29. The van der Waals surface area contributed by atoms with Crippen molar-refractivity contribution in [3.8, 4) is 10.4 Å². The van der Waals surface area contributed by atoms with E-state index in [9.17, 15) is 13.5 Å². The summed E-state index contributed by atoms with van der Waals surface area (Å²) in [6.07, 6.45) is 4.15. The molecule has 138 valence electrons. The molecule has 1 aliphatic carbocycles. The van der Waals surface area contributed by atoms with Gasteiger partial charge in [0.05, 0.1) is 12.1 Å². The van der Waals surface area contributed by atoms with Crippen LogP contribution in [-0.2, 0) is 10.0 Å². The number of hydrogen-bond donors (Lipinski definition) is 3. The quantitative estimate of drug-likeness (QED) is 0.601. The standard InChI is InChI=1S/C18H21N3O3S2/c1-18(2,10-22)21-26(23,24)16-6-5-15(25-16)12-7-8-19-17-13(12)9-14(20-17)11-3-4-11/h5-9,11,21-22H,3-4,10H2,1-2H3,(H,19,20). The lowest BCUT2D eigenvalue weighted by atomic mass is 10.1. The largest absolute Gasteiger partial charge is 0.394 e. The summed E-state index contributed by atoms with van der Waals surface area (Å²) < 4.78 is 27.9. The molecular formula is C18H21N3O3S2. The van der Waals surface area contributed by atoms with Gasteiger partial charge in [-0.15, -0.1) is 11.3 Å². The number of nitrogens with one attached hydrogen (secondary N) is 2. The van der Waals surface area contributed by atoms with Crippen LogP contribution in [0.1, 0.15) is 38.3 Å². The maximum Gasteiger partial charge on any atom is 0.250 e. The van der Waals surface area contributed by atoms with Crippen LogP contribution in [0.5, 0.6) is 0 Å². The van der Waals surface area contributed by atoms with E-state index >= 15 is 0 Å². The Balaban J connectivity index is 1.71. The van der Waals surface area contributed by atoms with Gasteiger partial charge in [0, 0.05) is 27.7 Å². The van der Waals surface area contributed by atoms with Gasteiger partial charge in [0.1, 0.15) is 9.86 Å². The van der Waals surface area contributed by atoms with Gasteiger partial charge in [-0.3, -0.25) is 0 Å². The highest BCUT2D eigenvalue weighted by molar-refractivity contribution is 7.91. The first-order chi connectivity index (χ1) is 12.3. The molecule has 0 unspecified atom stereocenters. The number of sulfonamides is 1. The number of aromatic nitrogens is 2. The predicted molar refractivity (Wildman–Crippen MR) is 103 cm³/mol. The normalized spacial score (nSPS) is 15.7. The van der Waals surface area contributed by atoms with Gasteiger partial charge >= 0.3 is 0 Å². The van der Waals surface area contributed by atoms with Gasteiger partial charge in [0.15, 0.2) is 0 Å². The maximum absolute atomic E-state index is 12.6. The monoisotopic (exact) mass is 391 g/mol. The van der Waals surface area contributed by atoms with E-state index in [0.717, 1.165) is 21.5 Å². The Morgan fingerprint density at radius 2 is 2.12 bits per heavy atom. The number of aliphatic hydroxyl groups is 1. The molecule has 0 amide bonds. The number of rotatable bonds is 6. The second-order valence-corrected chi connectivity index (χ2v) is 10.4. The highest BCUT2D eigenvalue weighted by Crippen LogP contribution is 2.42. The Morgan fingerprint density at radius 3 is 2.81 bits per heavy atom. The summed E-state index contributed by atoms with van der Waals surface area (Å²) in [5.74, 6) is 0.598. The van der Waals surface area contributed by atoms with E-state index in [1.54, 1.807) is 26.1 Å². The van der Waals surface area contributed by atoms with Crippen LogP contribution in [0.3, 0.4) is 0 Å². The van der Waals surface area contributed by atoms with E-state index < -0.39 is 15.6 Å². The number of pyridine rings is 1. The average Bonchev–Trinajstić information content (AvgIpc) is 3.14. The third-order valence-electron chi connectivity index (χ3n) is 4.49. The van der Waals surface area contributed by atoms with Crippen LogP contribution in [0.15, 0.2) is 34.7 Å². The molecule has 1 fully saturated rings. The molecule has 26 heavy (non-hydrogen) atoms. The van der Waals surface area contributed by atoms with Gasteiger partial charge in [-0.1, -0.05) is 0 Å². The number of thiophene rings is 1. The molecule has 3 N–H and O–H groups in total. The molecule has 1 aliphatic rings. The fourth-order valence-electron chi connectivity index (χ4n) is 2.93. The van der Waals surface area contributed by atoms with Crippen molar-refractivity contribution in [1.82, 2.24) is 14.7 Å². The fraction of sp³-hybridized carbons (Fsp3) is 0.389. The number of aliphatic hydroxyl groups excluding tert-OH is 1. The first kappa shape index (κ1) is 17.7. The van der Waals surface area contributed by atoms with Crippen molar-refractivity contribution in [3.63, 3.8) is 0 Å². The van der Waals surface area contributed by atoms with Gasteiger partial charge in [-0.05, 0) is 56.9 Å². The van der Waals surface area contributed by atoms with E-state index in [4.69, 9.17) is 0 Å². The summed E-state index contributed by atoms with van der Waals surface area (Å²) in [4.78, 5) is 8.66. The molecule has 3 aromatic rings. The van der Waals surface area contributed by atoms with Crippen molar-refractivity contribution in [3.05, 3.63) is 36.2 Å². The molecule has 0 spiro atoms. The lowest BCUT2D eigenvalue weighted by Gasteiger charge is -2.22. The van der Waals surface area contributed by atoms with Crippen LogP contribution in [0, 0.1) is 0 Å². The molecular weight excluding hydrogens is 370 g/mol. The molecule has 0 radical (unpaired) electrons. The average molecular weight is 392 g/mol. The van der Waals surface area contributed by atoms with Gasteiger partial charge in [0.2, 0.25) is 0 Å². The van der Waals surface area contributed by atoms with Crippen LogP contribution >= 0.6 is 11.3 Å². The summed E-state index contributed by atoms with van der Waals surface area (Å²) in [5.41, 5.74) is 2.11. The summed E-state index contributed by atoms with van der Waals surface area (Å²) in [6, 6.07) is 7.48.